The van der Waals surface area contributed by atoms with Gasteiger partial charge in [-0.25, -0.2) is 0 Å². The third-order valence-electron chi connectivity index (χ3n) is 8.25. The Labute approximate surface area is 228 Å². The van der Waals surface area contributed by atoms with Crippen LogP contribution in [-0.2, 0) is 0 Å². The van der Waals surface area contributed by atoms with Crippen LogP contribution in [0.3, 0.4) is 0 Å². The van der Waals surface area contributed by atoms with Crippen molar-refractivity contribution in [2.24, 2.45) is 0 Å². The van der Waals surface area contributed by atoms with Crippen molar-refractivity contribution in [2.75, 3.05) is 0 Å². The number of rotatable bonds is 3. The molecule has 182 valence electrons. The molecule has 7 aromatic rings. The van der Waals surface area contributed by atoms with Gasteiger partial charge < -0.3 is 0 Å². The minimum Gasteiger partial charge on any atom is -0.0622 e. The number of fused-ring (bicyclic) bond motifs is 4. The Balaban J connectivity index is 1.58. The molecule has 1 aliphatic rings. The average molecular weight is 495 g/mol. The van der Waals surface area contributed by atoms with Gasteiger partial charge in [-0.15, -0.1) is 0 Å². The van der Waals surface area contributed by atoms with Gasteiger partial charge in [0, 0.05) is 0 Å². The van der Waals surface area contributed by atoms with Gasteiger partial charge in [-0.3, -0.25) is 0 Å². The molecule has 0 saturated heterocycles. The van der Waals surface area contributed by atoms with Gasteiger partial charge in [-0.05, 0) is 84.1 Å². The maximum atomic E-state index is 2.37. The Morgan fingerprint density at radius 3 is 1.44 bits per heavy atom. The predicted octanol–water partition coefficient (Wildman–Crippen LogP) is 10.9. The molecule has 0 unspecified atom stereocenters. The summed E-state index contributed by atoms with van der Waals surface area (Å²) >= 11 is 0. The van der Waals surface area contributed by atoms with E-state index in [-0.39, 0.29) is 0 Å². The van der Waals surface area contributed by atoms with E-state index in [2.05, 4.69) is 146 Å². The van der Waals surface area contributed by atoms with Crippen molar-refractivity contribution in [2.45, 2.75) is 6.92 Å². The first-order chi connectivity index (χ1) is 19.3. The second-order valence-corrected chi connectivity index (χ2v) is 10.5. The van der Waals surface area contributed by atoms with Crippen LogP contribution in [0.25, 0.3) is 77.2 Å². The van der Waals surface area contributed by atoms with Gasteiger partial charge >= 0.3 is 0 Å². The van der Waals surface area contributed by atoms with Crippen LogP contribution < -0.4 is 0 Å². The first-order valence-electron chi connectivity index (χ1n) is 13.6. The van der Waals surface area contributed by atoms with Crippen LogP contribution in [0.15, 0.2) is 140 Å². The zero-order chi connectivity index (χ0) is 25.9. The molecule has 0 bridgehead atoms. The van der Waals surface area contributed by atoms with Crippen molar-refractivity contribution < 1.29 is 0 Å². The highest BCUT2D eigenvalue weighted by molar-refractivity contribution is 6.28. The molecule has 0 aliphatic heterocycles. The fourth-order valence-corrected chi connectivity index (χ4v) is 6.67. The zero-order valence-electron chi connectivity index (χ0n) is 21.8. The first kappa shape index (κ1) is 22.1. The Bertz CT molecular complexity index is 1950. The summed E-state index contributed by atoms with van der Waals surface area (Å²) in [5.74, 6) is 0. The largest absolute Gasteiger partial charge is 0.0622 e. The van der Waals surface area contributed by atoms with Crippen LogP contribution in [0.2, 0.25) is 0 Å². The molecule has 0 radical (unpaired) electrons. The van der Waals surface area contributed by atoms with Crippen molar-refractivity contribution >= 4 is 21.5 Å². The third-order valence-corrected chi connectivity index (χ3v) is 8.25. The van der Waals surface area contributed by atoms with E-state index in [9.17, 15) is 0 Å². The monoisotopic (exact) mass is 494 g/mol. The van der Waals surface area contributed by atoms with E-state index in [1.165, 1.54) is 82.7 Å². The molecule has 0 nitrogen and oxygen atoms in total. The molecule has 8 rings (SSSR count). The van der Waals surface area contributed by atoms with E-state index in [1.807, 2.05) is 0 Å². The van der Waals surface area contributed by atoms with Crippen molar-refractivity contribution in [3.63, 3.8) is 0 Å². The second-order valence-electron chi connectivity index (χ2n) is 10.5. The predicted molar refractivity (Wildman–Crippen MR) is 167 cm³/mol. The topological polar surface area (TPSA) is 0 Å². The van der Waals surface area contributed by atoms with Crippen LogP contribution in [0.1, 0.15) is 5.56 Å². The molecular weight excluding hydrogens is 468 g/mol. The fraction of sp³-hybridized carbons (Fsp3) is 0.0256. The van der Waals surface area contributed by atoms with Crippen LogP contribution >= 0.6 is 0 Å². The normalized spacial score (nSPS) is 11.7. The van der Waals surface area contributed by atoms with Crippen molar-refractivity contribution in [3.05, 3.63) is 145 Å². The maximum Gasteiger partial charge on any atom is -0.000741 e. The minimum atomic E-state index is 1.26. The lowest BCUT2D eigenvalue weighted by molar-refractivity contribution is 1.47. The SMILES string of the molecule is Cc1cccc(-c2ccc3c4c(cccc24)-c2c-3c(-c3ccccc3)c3ccccc3c2-c2ccccc2)c1. The third kappa shape index (κ3) is 3.25. The molecule has 0 amide bonds. The van der Waals surface area contributed by atoms with Crippen LogP contribution in [-0.4, -0.2) is 0 Å². The van der Waals surface area contributed by atoms with Gasteiger partial charge in [0.15, 0.2) is 0 Å². The number of hydrogen-bond donors (Lipinski definition) is 0. The summed E-state index contributed by atoms with van der Waals surface area (Å²) in [5, 5.41) is 5.26. The molecule has 0 N–H and O–H groups in total. The molecule has 1 aliphatic carbocycles. The molecule has 0 aromatic heterocycles. The van der Waals surface area contributed by atoms with Gasteiger partial charge in [0.25, 0.3) is 0 Å². The molecule has 39 heavy (non-hydrogen) atoms. The zero-order valence-corrected chi connectivity index (χ0v) is 21.8. The van der Waals surface area contributed by atoms with E-state index >= 15 is 0 Å². The van der Waals surface area contributed by atoms with Crippen LogP contribution in [0.4, 0.5) is 0 Å². The van der Waals surface area contributed by atoms with E-state index in [4.69, 9.17) is 0 Å². The molecule has 0 heterocycles. The second kappa shape index (κ2) is 8.55. The van der Waals surface area contributed by atoms with Crippen LogP contribution in [0, 0.1) is 6.92 Å². The van der Waals surface area contributed by atoms with E-state index < -0.39 is 0 Å². The van der Waals surface area contributed by atoms with Crippen molar-refractivity contribution in [3.8, 4) is 55.6 Å². The molecule has 0 atom stereocenters. The fourth-order valence-electron chi connectivity index (χ4n) is 6.67. The molecular formula is C39H26. The molecule has 0 spiro atoms. The number of benzene rings is 7. The first-order valence-corrected chi connectivity index (χ1v) is 13.6. The summed E-state index contributed by atoms with van der Waals surface area (Å²) in [6.07, 6.45) is 0. The van der Waals surface area contributed by atoms with Gasteiger partial charge in [0.2, 0.25) is 0 Å². The maximum absolute atomic E-state index is 2.37. The van der Waals surface area contributed by atoms with Crippen molar-refractivity contribution in [1.82, 2.24) is 0 Å². The van der Waals surface area contributed by atoms with Gasteiger partial charge in [0.05, 0.1) is 0 Å². The highest BCUT2D eigenvalue weighted by Crippen LogP contribution is 2.58. The lowest BCUT2D eigenvalue weighted by atomic mass is 9.82. The van der Waals surface area contributed by atoms with E-state index in [0.29, 0.717) is 0 Å². The summed E-state index contributed by atoms with van der Waals surface area (Å²) in [5.41, 5.74) is 14.3. The summed E-state index contributed by atoms with van der Waals surface area (Å²) in [6, 6.07) is 51.2. The Kier molecular flexibility index (Phi) is 4.84. The van der Waals surface area contributed by atoms with Gasteiger partial charge in [0.1, 0.15) is 0 Å². The van der Waals surface area contributed by atoms with Crippen molar-refractivity contribution in [1.29, 1.82) is 0 Å². The Hall–Kier alpha value is -4.94. The molecule has 0 saturated carbocycles. The minimum absolute atomic E-state index is 1.26. The molecule has 0 fully saturated rings. The van der Waals surface area contributed by atoms with E-state index in [1.54, 1.807) is 0 Å². The lowest BCUT2D eigenvalue weighted by Crippen LogP contribution is -1.93. The quantitative estimate of drug-likeness (QED) is 0.229. The summed E-state index contributed by atoms with van der Waals surface area (Å²) in [6.45, 7) is 2.17. The van der Waals surface area contributed by atoms with Gasteiger partial charge in [-0.1, -0.05) is 145 Å². The Morgan fingerprint density at radius 2 is 0.821 bits per heavy atom. The smallest absolute Gasteiger partial charge is 0.000741 e. The average Bonchev–Trinajstić information content (AvgIpc) is 3.32. The number of aryl methyl sites for hydroxylation is 1. The summed E-state index contributed by atoms with van der Waals surface area (Å²) in [7, 11) is 0. The number of hydrogen-bond acceptors (Lipinski definition) is 0. The van der Waals surface area contributed by atoms with E-state index in [0.717, 1.165) is 0 Å². The highest BCUT2D eigenvalue weighted by atomic mass is 14.3. The van der Waals surface area contributed by atoms with Gasteiger partial charge in [-0.2, -0.15) is 0 Å². The van der Waals surface area contributed by atoms with Crippen LogP contribution in [0.5, 0.6) is 0 Å². The lowest BCUT2D eigenvalue weighted by Gasteiger charge is -2.20. The summed E-state index contributed by atoms with van der Waals surface area (Å²) in [4.78, 5) is 0. The highest BCUT2D eigenvalue weighted by Gasteiger charge is 2.30. The molecule has 0 heteroatoms. The standard InChI is InChI=1S/C39H26/c1-25-12-10-17-28(24-25)29-22-23-34-37-30(29)20-11-21-33(37)38-35(26-13-4-2-5-14-26)31-18-8-9-19-32(31)36(39(34)38)27-15-6-3-7-16-27/h2-24H,1H3. The Morgan fingerprint density at radius 1 is 0.333 bits per heavy atom. The summed E-state index contributed by atoms with van der Waals surface area (Å²) < 4.78 is 0. The molecule has 7 aromatic carbocycles.